The molecule has 1 atom stereocenters. The Kier molecular flexibility index (Phi) is 7.35. The lowest BCUT2D eigenvalue weighted by atomic mass is 9.95. The quantitative estimate of drug-likeness (QED) is 0.149. The second kappa shape index (κ2) is 10.6. The molecule has 0 unspecified atom stereocenters. The smallest absolute Gasteiger partial charge is 0.295 e. The summed E-state index contributed by atoms with van der Waals surface area (Å²) >= 11 is 6.28. The summed E-state index contributed by atoms with van der Waals surface area (Å²) in [6.07, 6.45) is 5.55. The number of nitro groups is 1. The predicted molar refractivity (Wildman–Crippen MR) is 132 cm³/mol. The van der Waals surface area contributed by atoms with Crippen molar-refractivity contribution in [3.8, 4) is 5.75 Å². The number of likely N-dealkylation sites (tertiary alicyclic amines) is 1. The van der Waals surface area contributed by atoms with Crippen LogP contribution in [0.1, 0.15) is 30.5 Å². The van der Waals surface area contributed by atoms with E-state index in [2.05, 4.69) is 4.98 Å². The standard InChI is InChI=1S/C25H23ClN4O6/c1-2-36-20-8-7-17(14-19(20)26)23(31)21-22(16-5-3-6-18(13-16)30(34)35)29(25(33)24(21)32)11-4-10-28-12-9-27-15-28/h3,5-9,12-15,22,31H,2,4,10-11H2,1H3/b23-21+/t22-/m1/s1. The number of nitro benzene ring substituents is 1. The van der Waals surface area contributed by atoms with Crippen LogP contribution in [-0.4, -0.2) is 49.3 Å². The van der Waals surface area contributed by atoms with Gasteiger partial charge in [0.1, 0.15) is 11.5 Å². The Morgan fingerprint density at radius 1 is 1.22 bits per heavy atom. The highest BCUT2D eigenvalue weighted by Crippen LogP contribution is 2.41. The molecule has 2 aromatic carbocycles. The number of halogens is 1. The molecular weight excluding hydrogens is 488 g/mol. The van der Waals surface area contributed by atoms with Gasteiger partial charge in [-0.05, 0) is 37.1 Å². The molecule has 11 heteroatoms. The van der Waals surface area contributed by atoms with Gasteiger partial charge in [-0.1, -0.05) is 23.7 Å². The number of hydrogen-bond donors (Lipinski definition) is 1. The minimum Gasteiger partial charge on any atom is -0.507 e. The number of nitrogens with zero attached hydrogens (tertiary/aromatic N) is 4. The van der Waals surface area contributed by atoms with Crippen LogP contribution in [0.15, 0.2) is 66.8 Å². The van der Waals surface area contributed by atoms with Crippen LogP contribution in [-0.2, 0) is 16.1 Å². The van der Waals surface area contributed by atoms with Gasteiger partial charge in [0.15, 0.2) is 0 Å². The molecule has 1 N–H and O–H groups in total. The van der Waals surface area contributed by atoms with E-state index in [9.17, 15) is 24.8 Å². The molecule has 1 aliphatic rings. The number of amides is 1. The van der Waals surface area contributed by atoms with Crippen molar-refractivity contribution in [2.24, 2.45) is 0 Å². The fourth-order valence-corrected chi connectivity index (χ4v) is 4.42. The van der Waals surface area contributed by atoms with Crippen molar-refractivity contribution in [2.45, 2.75) is 25.9 Å². The van der Waals surface area contributed by atoms with Crippen LogP contribution in [0.5, 0.6) is 5.75 Å². The monoisotopic (exact) mass is 510 g/mol. The zero-order valence-electron chi connectivity index (χ0n) is 19.3. The van der Waals surface area contributed by atoms with Gasteiger partial charge >= 0.3 is 0 Å². The molecule has 3 aromatic rings. The first kappa shape index (κ1) is 24.9. The van der Waals surface area contributed by atoms with Crippen LogP contribution < -0.4 is 4.74 Å². The lowest BCUT2D eigenvalue weighted by Crippen LogP contribution is -2.31. The van der Waals surface area contributed by atoms with E-state index in [1.54, 1.807) is 37.8 Å². The number of ketones is 1. The van der Waals surface area contributed by atoms with E-state index < -0.39 is 28.4 Å². The summed E-state index contributed by atoms with van der Waals surface area (Å²) < 4.78 is 7.26. The van der Waals surface area contributed by atoms with Crippen molar-refractivity contribution in [3.05, 3.63) is 93.0 Å². The number of Topliss-reactive ketones (excluding diaryl/α,β-unsaturated/α-hetero) is 1. The molecule has 36 heavy (non-hydrogen) atoms. The largest absolute Gasteiger partial charge is 0.507 e. The third kappa shape index (κ3) is 4.94. The van der Waals surface area contributed by atoms with Crippen molar-refractivity contribution in [1.82, 2.24) is 14.5 Å². The molecule has 1 aromatic heterocycles. The molecule has 186 valence electrons. The Morgan fingerprint density at radius 2 is 2.03 bits per heavy atom. The van der Waals surface area contributed by atoms with Gasteiger partial charge in [-0.3, -0.25) is 19.7 Å². The van der Waals surface area contributed by atoms with Crippen LogP contribution in [0.3, 0.4) is 0 Å². The first-order valence-electron chi connectivity index (χ1n) is 11.2. The lowest BCUT2D eigenvalue weighted by molar-refractivity contribution is -0.384. The average Bonchev–Trinajstić information content (AvgIpc) is 3.47. The SMILES string of the molecule is CCOc1ccc(/C(O)=C2\C(=O)C(=O)N(CCCn3ccnc3)[C@@H]2c2cccc([N+](=O)[O-])c2)cc1Cl. The van der Waals surface area contributed by atoms with Gasteiger partial charge in [-0.25, -0.2) is 4.98 Å². The summed E-state index contributed by atoms with van der Waals surface area (Å²) in [5.41, 5.74) is 0.198. The number of benzene rings is 2. The average molecular weight is 511 g/mol. The van der Waals surface area contributed by atoms with Gasteiger partial charge in [0.2, 0.25) is 0 Å². The van der Waals surface area contributed by atoms with Gasteiger partial charge in [0, 0.05) is 43.2 Å². The van der Waals surface area contributed by atoms with E-state index in [4.69, 9.17) is 16.3 Å². The fourth-order valence-electron chi connectivity index (χ4n) is 4.18. The number of carbonyl (C=O) groups excluding carboxylic acids is 2. The number of non-ortho nitro benzene ring substituents is 1. The minimum absolute atomic E-state index is 0.164. The number of aliphatic hydroxyl groups is 1. The lowest BCUT2D eigenvalue weighted by Gasteiger charge is -2.25. The molecule has 1 fully saturated rings. The number of imidazole rings is 1. The number of aryl methyl sites for hydroxylation is 1. The van der Waals surface area contributed by atoms with E-state index in [0.29, 0.717) is 30.9 Å². The minimum atomic E-state index is -1.02. The van der Waals surface area contributed by atoms with Crippen LogP contribution in [0.2, 0.25) is 5.02 Å². The zero-order chi connectivity index (χ0) is 25.8. The van der Waals surface area contributed by atoms with Crippen LogP contribution >= 0.6 is 11.6 Å². The summed E-state index contributed by atoms with van der Waals surface area (Å²) in [5, 5.41) is 22.8. The molecule has 0 bridgehead atoms. The van der Waals surface area contributed by atoms with Gasteiger partial charge in [0.25, 0.3) is 17.4 Å². The summed E-state index contributed by atoms with van der Waals surface area (Å²) in [6, 6.07) is 9.21. The third-order valence-electron chi connectivity index (χ3n) is 5.82. The molecule has 1 amide bonds. The molecule has 0 saturated carbocycles. The second-order valence-electron chi connectivity index (χ2n) is 8.08. The van der Waals surface area contributed by atoms with Crippen LogP contribution in [0.25, 0.3) is 5.76 Å². The number of carbonyl (C=O) groups is 2. The number of hydrogen-bond acceptors (Lipinski definition) is 7. The van der Waals surface area contributed by atoms with Gasteiger partial charge in [-0.15, -0.1) is 0 Å². The first-order chi connectivity index (χ1) is 17.3. The highest BCUT2D eigenvalue weighted by atomic mass is 35.5. The van der Waals surface area contributed by atoms with Crippen molar-refractivity contribution in [2.75, 3.05) is 13.2 Å². The summed E-state index contributed by atoms with van der Waals surface area (Å²) in [5.74, 6) is -1.69. The number of aromatic nitrogens is 2. The first-order valence-corrected chi connectivity index (χ1v) is 11.6. The van der Waals surface area contributed by atoms with E-state index in [1.165, 1.54) is 35.2 Å². The van der Waals surface area contributed by atoms with Gasteiger partial charge < -0.3 is 19.3 Å². The van der Waals surface area contributed by atoms with Crippen molar-refractivity contribution >= 4 is 34.7 Å². The molecular formula is C25H23ClN4O6. The highest BCUT2D eigenvalue weighted by Gasteiger charge is 2.46. The Morgan fingerprint density at radius 3 is 2.69 bits per heavy atom. The topological polar surface area (TPSA) is 128 Å². The summed E-state index contributed by atoms with van der Waals surface area (Å²) in [7, 11) is 0. The highest BCUT2D eigenvalue weighted by molar-refractivity contribution is 6.46. The maximum absolute atomic E-state index is 13.2. The van der Waals surface area contributed by atoms with Gasteiger partial charge in [-0.2, -0.15) is 0 Å². The number of ether oxygens (including phenoxy) is 1. The molecule has 0 radical (unpaired) electrons. The fraction of sp³-hybridized carbons (Fsp3) is 0.240. The number of aliphatic hydroxyl groups excluding tert-OH is 1. The Bertz CT molecular complexity index is 1340. The maximum Gasteiger partial charge on any atom is 0.295 e. The zero-order valence-corrected chi connectivity index (χ0v) is 20.1. The summed E-state index contributed by atoms with van der Waals surface area (Å²) in [4.78, 5) is 42.4. The molecule has 10 nitrogen and oxygen atoms in total. The van der Waals surface area contributed by atoms with Crippen molar-refractivity contribution in [3.63, 3.8) is 0 Å². The van der Waals surface area contributed by atoms with Crippen LogP contribution in [0, 0.1) is 10.1 Å². The van der Waals surface area contributed by atoms with Gasteiger partial charge in [0.05, 0.1) is 34.5 Å². The third-order valence-corrected chi connectivity index (χ3v) is 6.11. The Labute approximate surface area is 211 Å². The van der Waals surface area contributed by atoms with Crippen LogP contribution in [0.4, 0.5) is 5.69 Å². The van der Waals surface area contributed by atoms with E-state index in [1.807, 2.05) is 4.57 Å². The Hall–Kier alpha value is -4.18. The maximum atomic E-state index is 13.2. The number of rotatable bonds is 9. The molecule has 1 saturated heterocycles. The Balaban J connectivity index is 1.77. The van der Waals surface area contributed by atoms with Crippen molar-refractivity contribution < 1.29 is 24.4 Å². The summed E-state index contributed by atoms with van der Waals surface area (Å²) in [6.45, 7) is 2.91. The van der Waals surface area contributed by atoms with Crippen molar-refractivity contribution in [1.29, 1.82) is 0 Å². The normalized spacial score (nSPS) is 16.9. The molecule has 0 spiro atoms. The van der Waals surface area contributed by atoms with E-state index in [-0.39, 0.29) is 28.4 Å². The molecule has 2 heterocycles. The van der Waals surface area contributed by atoms with E-state index in [0.717, 1.165) is 0 Å². The molecule has 0 aliphatic carbocycles. The van der Waals surface area contributed by atoms with E-state index >= 15 is 0 Å². The molecule has 4 rings (SSSR count). The second-order valence-corrected chi connectivity index (χ2v) is 8.48. The predicted octanol–water partition coefficient (Wildman–Crippen LogP) is 4.36. The molecule has 1 aliphatic heterocycles.